The number of nitrogens with one attached hydrogen (secondary N) is 4. The number of anilines is 2. The molecule has 62 heavy (non-hydrogen) atoms. The van der Waals surface area contributed by atoms with E-state index >= 15 is 0 Å². The van der Waals surface area contributed by atoms with Gasteiger partial charge in [0, 0.05) is 13.8 Å². The molecule has 0 aliphatic carbocycles. The molecule has 6 heterocycles. The van der Waals surface area contributed by atoms with Crippen molar-refractivity contribution in [3.05, 3.63) is 96.1 Å². The second-order valence-electron chi connectivity index (χ2n) is 15.9. The largest absolute Gasteiger partial charge is 0.483 e. The number of benzene rings is 4. The maximum atomic E-state index is 12.2. The summed E-state index contributed by atoms with van der Waals surface area (Å²) in [6.45, 7) is 10.9. The zero-order valence-electron chi connectivity index (χ0n) is 35.2. The molecule has 10 rings (SSSR count). The van der Waals surface area contributed by atoms with Gasteiger partial charge in [-0.2, -0.15) is 10.2 Å². The van der Waals surface area contributed by atoms with Crippen LogP contribution in [0.1, 0.15) is 38.8 Å². The smallest absolute Gasteiger partial charge is 0.300 e. The molecule has 324 valence electrons. The zero-order valence-corrected chi connectivity index (χ0v) is 35.2. The minimum absolute atomic E-state index is 0.0940. The normalized spacial score (nSPS) is 19.4. The van der Waals surface area contributed by atoms with E-state index in [-0.39, 0.29) is 23.9 Å². The molecule has 0 bridgehead atoms. The Morgan fingerprint density at radius 1 is 0.629 bits per heavy atom. The van der Waals surface area contributed by atoms with Crippen LogP contribution in [0, 0.1) is 11.8 Å². The maximum absolute atomic E-state index is 12.2. The van der Waals surface area contributed by atoms with E-state index in [0.717, 1.165) is 87.4 Å². The quantitative estimate of drug-likeness (QED) is 0.159. The van der Waals surface area contributed by atoms with Crippen molar-refractivity contribution in [1.82, 2.24) is 21.5 Å². The van der Waals surface area contributed by atoms with Gasteiger partial charge in [-0.05, 0) is 122 Å². The first-order valence-electron chi connectivity index (χ1n) is 20.7. The second-order valence-corrected chi connectivity index (χ2v) is 15.9. The molecule has 0 saturated carbocycles. The molecular weight excluding hydrogens is 793 g/mol. The number of carboxylic acid groups (broad SMARTS) is 2. The van der Waals surface area contributed by atoms with Crippen LogP contribution >= 0.6 is 0 Å². The molecule has 2 atom stereocenters. The molecule has 6 aliphatic rings. The van der Waals surface area contributed by atoms with E-state index in [1.807, 2.05) is 35.8 Å². The molecule has 4 aromatic carbocycles. The Morgan fingerprint density at radius 3 is 1.31 bits per heavy atom. The molecule has 0 radical (unpaired) electrons. The number of amidine groups is 2. The molecule has 16 nitrogen and oxygen atoms in total. The Morgan fingerprint density at radius 2 is 0.984 bits per heavy atom. The van der Waals surface area contributed by atoms with Crippen molar-refractivity contribution in [2.24, 2.45) is 22.0 Å². The van der Waals surface area contributed by atoms with Gasteiger partial charge in [0.15, 0.2) is 11.7 Å². The van der Waals surface area contributed by atoms with Crippen LogP contribution in [0.5, 0.6) is 11.5 Å². The van der Waals surface area contributed by atoms with Crippen molar-refractivity contribution in [2.45, 2.75) is 52.6 Å². The second kappa shape index (κ2) is 19.3. The van der Waals surface area contributed by atoms with Crippen molar-refractivity contribution in [3.8, 4) is 33.8 Å². The molecule has 6 aliphatic heterocycles. The summed E-state index contributed by atoms with van der Waals surface area (Å²) >= 11 is 0. The summed E-state index contributed by atoms with van der Waals surface area (Å²) in [6.07, 6.45) is 2.01. The number of carbonyl (C=O) groups is 4. The topological polar surface area (TPSA) is 207 Å². The third kappa shape index (κ3) is 9.88. The number of fused-ring (bicyclic) bond motifs is 6. The van der Waals surface area contributed by atoms with Crippen molar-refractivity contribution >= 4 is 46.8 Å². The molecular formula is C46H52N8O8. The fourth-order valence-corrected chi connectivity index (χ4v) is 7.95. The fraction of sp³-hybridized carbons (Fsp3) is 0.348. The average molecular weight is 845 g/mol. The van der Waals surface area contributed by atoms with E-state index < -0.39 is 11.9 Å². The van der Waals surface area contributed by atoms with Crippen molar-refractivity contribution in [3.63, 3.8) is 0 Å². The molecule has 2 amide bonds. The molecule has 2 saturated heterocycles. The van der Waals surface area contributed by atoms with E-state index in [4.69, 9.17) is 29.3 Å². The molecule has 6 N–H and O–H groups in total. The molecule has 4 aromatic rings. The highest BCUT2D eigenvalue weighted by atomic mass is 16.5. The molecule has 0 aromatic heterocycles. The lowest BCUT2D eigenvalue weighted by molar-refractivity contribution is -0.135. The first kappa shape index (κ1) is 43.3. The lowest BCUT2D eigenvalue weighted by Crippen LogP contribution is -2.55. The lowest BCUT2D eigenvalue weighted by Gasteiger charge is -2.39. The minimum Gasteiger partial charge on any atom is -0.483 e. The highest BCUT2D eigenvalue weighted by molar-refractivity contribution is 6.10. The predicted molar refractivity (Wildman–Crippen MR) is 237 cm³/mol. The van der Waals surface area contributed by atoms with E-state index in [1.54, 1.807) is 0 Å². The zero-order chi connectivity index (χ0) is 43.9. The number of carbonyl (C=O) groups excluding carboxylic acids is 2. The summed E-state index contributed by atoms with van der Waals surface area (Å²) in [6, 6.07) is 28.9. The highest BCUT2D eigenvalue weighted by Gasteiger charge is 2.37. The van der Waals surface area contributed by atoms with Gasteiger partial charge in [0.05, 0.1) is 11.4 Å². The molecule has 0 unspecified atom stereocenters. The summed E-state index contributed by atoms with van der Waals surface area (Å²) in [4.78, 5) is 46.3. The van der Waals surface area contributed by atoms with Crippen LogP contribution in [0.3, 0.4) is 0 Å². The van der Waals surface area contributed by atoms with Gasteiger partial charge in [-0.1, -0.05) is 60.7 Å². The number of rotatable bonds is 6. The Balaban J connectivity index is 0.000000159. The van der Waals surface area contributed by atoms with Gasteiger partial charge < -0.3 is 40.1 Å². The van der Waals surface area contributed by atoms with Gasteiger partial charge in [0.25, 0.3) is 23.8 Å². The third-order valence-corrected chi connectivity index (χ3v) is 11.2. The van der Waals surface area contributed by atoms with Crippen LogP contribution in [0.2, 0.25) is 0 Å². The van der Waals surface area contributed by atoms with Gasteiger partial charge in [0.1, 0.15) is 36.8 Å². The highest BCUT2D eigenvalue weighted by Crippen LogP contribution is 2.43. The number of hydrazone groups is 2. The Labute approximate surface area is 360 Å². The van der Waals surface area contributed by atoms with Gasteiger partial charge in [-0.25, -0.2) is 10.9 Å². The SMILES string of the molecule is CC(=O)O.CC(=O)O.C[C@@H]1C(=O)NN=C2COc3cc(-c4ccccc4)c(CC4CNC4)cc3N21.C[C@H]1C(=O)NN=C2COc3cc(-c4ccccc4)c(CC4CNC4)cc3N21. The van der Waals surface area contributed by atoms with Crippen LogP contribution < -0.4 is 40.8 Å². The van der Waals surface area contributed by atoms with Gasteiger partial charge in [-0.3, -0.25) is 19.2 Å². The van der Waals surface area contributed by atoms with E-state index in [2.05, 4.69) is 104 Å². The van der Waals surface area contributed by atoms with Crippen molar-refractivity contribution in [1.29, 1.82) is 0 Å². The summed E-state index contributed by atoms with van der Waals surface area (Å²) in [5, 5.41) is 29.9. The number of hydrogen-bond donors (Lipinski definition) is 6. The number of carboxylic acids is 2. The average Bonchev–Trinajstić information content (AvgIpc) is 3.23. The van der Waals surface area contributed by atoms with E-state index in [0.29, 0.717) is 25.0 Å². The summed E-state index contributed by atoms with van der Waals surface area (Å²) in [5.74, 6) is 2.55. The fourth-order valence-electron chi connectivity index (χ4n) is 7.95. The van der Waals surface area contributed by atoms with Crippen LogP contribution in [-0.4, -0.2) is 97.1 Å². The maximum Gasteiger partial charge on any atom is 0.300 e. The van der Waals surface area contributed by atoms with Gasteiger partial charge in [-0.15, -0.1) is 0 Å². The number of hydrogen-bond acceptors (Lipinski definition) is 12. The first-order valence-corrected chi connectivity index (χ1v) is 20.7. The van der Waals surface area contributed by atoms with Crippen LogP contribution in [0.25, 0.3) is 22.3 Å². The summed E-state index contributed by atoms with van der Waals surface area (Å²) in [5.41, 5.74) is 14.4. The van der Waals surface area contributed by atoms with Crippen molar-refractivity contribution in [2.75, 3.05) is 49.2 Å². The van der Waals surface area contributed by atoms with Gasteiger partial charge >= 0.3 is 0 Å². The van der Waals surface area contributed by atoms with Crippen LogP contribution in [0.4, 0.5) is 11.4 Å². The van der Waals surface area contributed by atoms with Gasteiger partial charge in [0.2, 0.25) is 0 Å². The number of aliphatic carboxylic acids is 2. The summed E-state index contributed by atoms with van der Waals surface area (Å²) < 4.78 is 12.0. The van der Waals surface area contributed by atoms with E-state index in [1.165, 1.54) is 33.4 Å². The van der Waals surface area contributed by atoms with Crippen molar-refractivity contribution < 1.29 is 38.9 Å². The number of ether oxygens (including phenoxy) is 2. The summed E-state index contributed by atoms with van der Waals surface area (Å²) in [7, 11) is 0. The van der Waals surface area contributed by atoms with Crippen LogP contribution in [0.15, 0.2) is 95.1 Å². The predicted octanol–water partition coefficient (Wildman–Crippen LogP) is 4.47. The first-order chi connectivity index (χ1) is 29.9. The minimum atomic E-state index is -0.833. The Kier molecular flexibility index (Phi) is 13.5. The number of nitrogens with zero attached hydrogens (tertiary/aromatic N) is 4. The standard InChI is InChI=1S/2C21H22N4O2.2C2H4O2/c2*1-13-21(26)24-23-20-12-27-19-9-17(15-5-3-2-4-6-15)16(7-14-10-22-11-14)8-18(19)25(13)20;2*1-2(3)4/h2*2-6,8-9,13-14,22H,7,10-12H2,1H3,(H,24,26);2*1H3,(H,3,4)/t2*13-;;/m10../s1. The molecule has 2 fully saturated rings. The Hall–Kier alpha value is -6.78. The Bertz CT molecular complexity index is 2190. The monoisotopic (exact) mass is 844 g/mol. The third-order valence-electron chi connectivity index (χ3n) is 11.2. The molecule has 0 spiro atoms. The molecule has 16 heteroatoms. The number of amides is 2. The van der Waals surface area contributed by atoms with Crippen LogP contribution in [-0.2, 0) is 32.0 Å². The van der Waals surface area contributed by atoms with E-state index in [9.17, 15) is 9.59 Å². The lowest BCUT2D eigenvalue weighted by atomic mass is 9.88.